The molecular formula is C15H18N4O2S. The van der Waals surface area contributed by atoms with Crippen molar-refractivity contribution in [3.63, 3.8) is 0 Å². The molecule has 2 N–H and O–H groups in total. The molecular weight excluding hydrogens is 300 g/mol. The number of aromatic nitrogens is 3. The summed E-state index contributed by atoms with van der Waals surface area (Å²) in [6.07, 6.45) is 2.27. The highest BCUT2D eigenvalue weighted by atomic mass is 32.2. The summed E-state index contributed by atoms with van der Waals surface area (Å²) in [5, 5.41) is 10.5. The molecule has 116 valence electrons. The number of H-pyrrole nitrogens is 1. The molecule has 2 aromatic rings. The zero-order valence-electron chi connectivity index (χ0n) is 12.1. The largest absolute Gasteiger partial charge is 0.376 e. The van der Waals surface area contributed by atoms with Crippen LogP contribution in [0.25, 0.3) is 11.4 Å². The number of nitrogens with one attached hydrogen (secondary N) is 2. The molecule has 1 aromatic heterocycles. The second-order valence-electron chi connectivity index (χ2n) is 5.06. The van der Waals surface area contributed by atoms with Crippen LogP contribution in [-0.4, -0.2) is 46.1 Å². The van der Waals surface area contributed by atoms with Gasteiger partial charge in [0.25, 0.3) is 0 Å². The number of ether oxygens (including phenoxy) is 1. The molecule has 1 amide bonds. The van der Waals surface area contributed by atoms with E-state index in [1.807, 2.05) is 30.3 Å². The van der Waals surface area contributed by atoms with Crippen LogP contribution in [0.4, 0.5) is 0 Å². The minimum atomic E-state index is -0.0217. The molecule has 1 atom stereocenters. The summed E-state index contributed by atoms with van der Waals surface area (Å²) in [6, 6.07) is 9.77. The molecule has 6 nitrogen and oxygen atoms in total. The molecule has 0 bridgehead atoms. The van der Waals surface area contributed by atoms with E-state index in [0.29, 0.717) is 23.3 Å². The number of rotatable bonds is 6. The number of benzene rings is 1. The summed E-state index contributed by atoms with van der Waals surface area (Å²) in [5.74, 6) is 0.994. The standard InChI is InChI=1S/C15H18N4O2S/c20-13(16-9-12-7-4-8-21-12)10-22-15-17-14(18-19-15)11-5-2-1-3-6-11/h1-3,5-6,12H,4,7-10H2,(H,16,20)(H,17,18,19). The maximum Gasteiger partial charge on any atom is 0.230 e. The molecule has 7 heteroatoms. The van der Waals surface area contributed by atoms with Crippen molar-refractivity contribution in [1.82, 2.24) is 20.5 Å². The average molecular weight is 318 g/mol. The Bertz CT molecular complexity index is 611. The number of amides is 1. The van der Waals surface area contributed by atoms with Crippen molar-refractivity contribution < 1.29 is 9.53 Å². The van der Waals surface area contributed by atoms with Crippen molar-refractivity contribution in [1.29, 1.82) is 0 Å². The Morgan fingerprint density at radius 1 is 1.41 bits per heavy atom. The zero-order valence-corrected chi connectivity index (χ0v) is 12.9. The molecule has 1 aliphatic heterocycles. The molecule has 2 heterocycles. The topological polar surface area (TPSA) is 79.9 Å². The lowest BCUT2D eigenvalue weighted by molar-refractivity contribution is -0.119. The second kappa shape index (κ2) is 7.42. The monoisotopic (exact) mass is 318 g/mol. The number of nitrogens with zero attached hydrogens (tertiary/aromatic N) is 2. The highest BCUT2D eigenvalue weighted by Gasteiger charge is 2.16. The van der Waals surface area contributed by atoms with Gasteiger partial charge in [-0.1, -0.05) is 42.1 Å². The number of hydrogen-bond acceptors (Lipinski definition) is 5. The molecule has 1 saturated heterocycles. The van der Waals surface area contributed by atoms with E-state index in [4.69, 9.17) is 4.74 Å². The number of carbonyl (C=O) groups is 1. The minimum absolute atomic E-state index is 0.0217. The molecule has 1 fully saturated rings. The highest BCUT2D eigenvalue weighted by molar-refractivity contribution is 7.99. The maximum absolute atomic E-state index is 11.8. The van der Waals surface area contributed by atoms with E-state index >= 15 is 0 Å². The predicted molar refractivity (Wildman–Crippen MR) is 84.5 cm³/mol. The van der Waals surface area contributed by atoms with Gasteiger partial charge in [0.05, 0.1) is 11.9 Å². The van der Waals surface area contributed by atoms with Gasteiger partial charge in [0, 0.05) is 18.7 Å². The van der Waals surface area contributed by atoms with E-state index in [9.17, 15) is 4.79 Å². The van der Waals surface area contributed by atoms with E-state index in [2.05, 4.69) is 20.5 Å². The van der Waals surface area contributed by atoms with Crippen LogP contribution in [0.3, 0.4) is 0 Å². The Hall–Kier alpha value is -1.86. The van der Waals surface area contributed by atoms with Gasteiger partial charge < -0.3 is 10.1 Å². The van der Waals surface area contributed by atoms with Gasteiger partial charge in [-0.25, -0.2) is 4.98 Å². The summed E-state index contributed by atoms with van der Waals surface area (Å²) in [4.78, 5) is 16.2. The summed E-state index contributed by atoms with van der Waals surface area (Å²) in [5.41, 5.74) is 0.977. The van der Waals surface area contributed by atoms with Crippen molar-refractivity contribution >= 4 is 17.7 Å². The smallest absolute Gasteiger partial charge is 0.230 e. The summed E-state index contributed by atoms with van der Waals surface area (Å²) >= 11 is 1.32. The molecule has 22 heavy (non-hydrogen) atoms. The number of carbonyl (C=O) groups excluding carboxylic acids is 1. The SMILES string of the molecule is O=C(CSc1n[nH]c(-c2ccccc2)n1)NCC1CCCO1. The number of aromatic amines is 1. The van der Waals surface area contributed by atoms with Gasteiger partial charge in [0.15, 0.2) is 5.82 Å². The van der Waals surface area contributed by atoms with Gasteiger partial charge >= 0.3 is 0 Å². The molecule has 1 aliphatic rings. The van der Waals surface area contributed by atoms with Crippen LogP contribution in [0.1, 0.15) is 12.8 Å². The Kier molecular flexibility index (Phi) is 5.07. The molecule has 0 aliphatic carbocycles. The van der Waals surface area contributed by atoms with Crippen molar-refractivity contribution in [3.8, 4) is 11.4 Å². The Balaban J connectivity index is 1.45. The summed E-state index contributed by atoms with van der Waals surface area (Å²) < 4.78 is 5.47. The fourth-order valence-electron chi connectivity index (χ4n) is 2.25. The van der Waals surface area contributed by atoms with Crippen molar-refractivity contribution in [2.75, 3.05) is 18.9 Å². The van der Waals surface area contributed by atoms with Crippen molar-refractivity contribution in [2.24, 2.45) is 0 Å². The lowest BCUT2D eigenvalue weighted by Gasteiger charge is -2.09. The first-order valence-corrected chi connectivity index (χ1v) is 8.29. The molecule has 3 rings (SSSR count). The third-order valence-corrected chi connectivity index (χ3v) is 4.24. The molecule has 0 saturated carbocycles. The fourth-order valence-corrected chi connectivity index (χ4v) is 2.88. The third-order valence-electron chi connectivity index (χ3n) is 3.40. The van der Waals surface area contributed by atoms with Gasteiger partial charge in [-0.2, -0.15) is 0 Å². The van der Waals surface area contributed by atoms with E-state index in [0.717, 1.165) is 25.0 Å². The van der Waals surface area contributed by atoms with E-state index in [-0.39, 0.29) is 12.0 Å². The molecule has 1 unspecified atom stereocenters. The van der Waals surface area contributed by atoms with Crippen molar-refractivity contribution in [2.45, 2.75) is 24.1 Å². The maximum atomic E-state index is 11.8. The quantitative estimate of drug-likeness (QED) is 0.795. The molecule has 1 aromatic carbocycles. The van der Waals surface area contributed by atoms with Crippen LogP contribution >= 0.6 is 11.8 Å². The summed E-state index contributed by atoms with van der Waals surface area (Å²) in [7, 11) is 0. The van der Waals surface area contributed by atoms with Gasteiger partial charge in [-0.3, -0.25) is 9.89 Å². The van der Waals surface area contributed by atoms with Crippen LogP contribution in [0.15, 0.2) is 35.5 Å². The Morgan fingerprint density at radius 3 is 3.05 bits per heavy atom. The first-order valence-electron chi connectivity index (χ1n) is 7.30. The second-order valence-corrected chi connectivity index (χ2v) is 6.00. The minimum Gasteiger partial charge on any atom is -0.376 e. The predicted octanol–water partition coefficient (Wildman–Crippen LogP) is 1.86. The lowest BCUT2D eigenvalue weighted by Crippen LogP contribution is -2.32. The van der Waals surface area contributed by atoms with Gasteiger partial charge in [0.1, 0.15) is 0 Å². The Labute approximate surface area is 133 Å². The van der Waals surface area contributed by atoms with Crippen LogP contribution in [0.5, 0.6) is 0 Å². The van der Waals surface area contributed by atoms with Crippen LogP contribution < -0.4 is 5.32 Å². The van der Waals surface area contributed by atoms with E-state index < -0.39 is 0 Å². The normalized spacial score (nSPS) is 17.5. The van der Waals surface area contributed by atoms with Gasteiger partial charge in [-0.15, -0.1) is 5.10 Å². The lowest BCUT2D eigenvalue weighted by atomic mass is 10.2. The fraction of sp³-hybridized carbons (Fsp3) is 0.400. The first-order chi connectivity index (χ1) is 10.8. The Morgan fingerprint density at radius 2 is 2.27 bits per heavy atom. The van der Waals surface area contributed by atoms with E-state index in [1.54, 1.807) is 0 Å². The zero-order chi connectivity index (χ0) is 15.2. The van der Waals surface area contributed by atoms with E-state index in [1.165, 1.54) is 11.8 Å². The summed E-state index contributed by atoms with van der Waals surface area (Å²) in [6.45, 7) is 1.39. The molecule has 0 radical (unpaired) electrons. The van der Waals surface area contributed by atoms with Gasteiger partial charge in [-0.05, 0) is 12.8 Å². The van der Waals surface area contributed by atoms with Crippen LogP contribution in [-0.2, 0) is 9.53 Å². The van der Waals surface area contributed by atoms with Crippen molar-refractivity contribution in [3.05, 3.63) is 30.3 Å². The van der Waals surface area contributed by atoms with Crippen LogP contribution in [0.2, 0.25) is 0 Å². The number of hydrogen-bond donors (Lipinski definition) is 2. The molecule has 0 spiro atoms. The average Bonchev–Trinajstić information content (AvgIpc) is 3.23. The van der Waals surface area contributed by atoms with Crippen LogP contribution in [0, 0.1) is 0 Å². The number of thioether (sulfide) groups is 1. The third kappa shape index (κ3) is 4.08. The highest BCUT2D eigenvalue weighted by Crippen LogP contribution is 2.18. The van der Waals surface area contributed by atoms with Gasteiger partial charge in [0.2, 0.25) is 11.1 Å². The first kappa shape index (κ1) is 15.1.